The van der Waals surface area contributed by atoms with Gasteiger partial charge >= 0.3 is 0 Å². The highest BCUT2D eigenvalue weighted by atomic mass is 16.5. The van der Waals surface area contributed by atoms with E-state index in [1.807, 2.05) is 0 Å². The van der Waals surface area contributed by atoms with E-state index in [1.165, 1.54) is 12.8 Å². The minimum atomic E-state index is -0.0156. The smallest absolute Gasteiger partial charge is 0.0605 e. The summed E-state index contributed by atoms with van der Waals surface area (Å²) in [5, 5.41) is 0. The number of hydrogen-bond donors (Lipinski definition) is 0. The summed E-state index contributed by atoms with van der Waals surface area (Å²) in [6.45, 7) is 16.8. The molecule has 0 aliphatic heterocycles. The molecule has 16 heavy (non-hydrogen) atoms. The monoisotopic (exact) mass is 234 g/mol. The number of methoxy groups -OCH3 is 1. The SMILES string of the molecule is CC(C)(C)OC(C)(C)C.CCCC.COC. The Bertz CT molecular complexity index is 104. The van der Waals surface area contributed by atoms with Gasteiger partial charge in [0.1, 0.15) is 0 Å². The van der Waals surface area contributed by atoms with E-state index in [0.29, 0.717) is 0 Å². The van der Waals surface area contributed by atoms with Crippen molar-refractivity contribution in [3.63, 3.8) is 0 Å². The largest absolute Gasteiger partial charge is 0.388 e. The highest BCUT2D eigenvalue weighted by molar-refractivity contribution is 4.68. The molecule has 0 bridgehead atoms. The molecular weight excluding hydrogens is 200 g/mol. The van der Waals surface area contributed by atoms with Gasteiger partial charge in [0.2, 0.25) is 0 Å². The van der Waals surface area contributed by atoms with E-state index in [1.54, 1.807) is 14.2 Å². The molecule has 0 unspecified atom stereocenters. The fraction of sp³-hybridized carbons (Fsp3) is 1.00. The van der Waals surface area contributed by atoms with E-state index in [0.717, 1.165) is 0 Å². The standard InChI is InChI=1S/C8H18O.C4H10.C2H6O/c1-7(2,3)9-8(4,5)6;1-3-4-2;1-3-2/h1-6H3;3-4H2,1-2H3;1-2H3. The number of unbranched alkanes of at least 4 members (excludes halogenated alkanes) is 1. The van der Waals surface area contributed by atoms with E-state index in [4.69, 9.17) is 4.74 Å². The first-order valence-electron chi connectivity index (χ1n) is 6.14. The van der Waals surface area contributed by atoms with Gasteiger partial charge in [0, 0.05) is 14.2 Å². The molecule has 0 saturated carbocycles. The Morgan fingerprint density at radius 2 is 0.875 bits per heavy atom. The zero-order chi connectivity index (χ0) is 13.8. The Balaban J connectivity index is -0.000000201. The first-order chi connectivity index (χ1) is 7.04. The summed E-state index contributed by atoms with van der Waals surface area (Å²) < 4.78 is 9.88. The van der Waals surface area contributed by atoms with Crippen molar-refractivity contribution in [2.45, 2.75) is 79.4 Å². The van der Waals surface area contributed by atoms with Crippen LogP contribution >= 0.6 is 0 Å². The Hall–Kier alpha value is -0.0800. The van der Waals surface area contributed by atoms with Crippen LogP contribution in [0.1, 0.15) is 68.2 Å². The number of hydrogen-bond acceptors (Lipinski definition) is 2. The number of rotatable bonds is 1. The summed E-state index contributed by atoms with van der Waals surface area (Å²) in [5.41, 5.74) is -0.0312. The van der Waals surface area contributed by atoms with Gasteiger partial charge in [0.25, 0.3) is 0 Å². The molecular formula is C14H34O2. The van der Waals surface area contributed by atoms with Crippen molar-refractivity contribution in [3.8, 4) is 0 Å². The average Bonchev–Trinajstić information content (AvgIpc) is 1.99. The van der Waals surface area contributed by atoms with Crippen LogP contribution in [-0.2, 0) is 9.47 Å². The van der Waals surface area contributed by atoms with Crippen molar-refractivity contribution in [3.05, 3.63) is 0 Å². The summed E-state index contributed by atoms with van der Waals surface area (Å²) in [4.78, 5) is 0. The lowest BCUT2D eigenvalue weighted by molar-refractivity contribution is -0.102. The second kappa shape index (κ2) is 11.4. The lowest BCUT2D eigenvalue weighted by Gasteiger charge is -2.30. The average molecular weight is 234 g/mol. The summed E-state index contributed by atoms with van der Waals surface area (Å²) in [6.07, 6.45) is 2.64. The number of ether oxygens (including phenoxy) is 2. The quantitative estimate of drug-likeness (QED) is 0.656. The van der Waals surface area contributed by atoms with Crippen molar-refractivity contribution in [1.29, 1.82) is 0 Å². The third kappa shape index (κ3) is 48.5. The van der Waals surface area contributed by atoms with Gasteiger partial charge in [-0.25, -0.2) is 0 Å². The first kappa shape index (κ1) is 21.2. The van der Waals surface area contributed by atoms with Gasteiger partial charge in [-0.2, -0.15) is 0 Å². The molecule has 102 valence electrons. The maximum absolute atomic E-state index is 5.62. The molecule has 0 aromatic carbocycles. The lowest BCUT2D eigenvalue weighted by Crippen LogP contribution is -2.31. The van der Waals surface area contributed by atoms with Gasteiger partial charge < -0.3 is 9.47 Å². The third-order valence-corrected chi connectivity index (χ3v) is 1.11. The van der Waals surface area contributed by atoms with Gasteiger partial charge in [0.15, 0.2) is 0 Å². The minimum Gasteiger partial charge on any atom is -0.388 e. The highest BCUT2D eigenvalue weighted by Crippen LogP contribution is 2.17. The molecule has 2 nitrogen and oxygen atoms in total. The molecule has 0 radical (unpaired) electrons. The minimum absolute atomic E-state index is 0.0156. The molecule has 0 aromatic rings. The first-order valence-corrected chi connectivity index (χ1v) is 6.14. The molecule has 0 heterocycles. The molecule has 0 spiro atoms. The normalized spacial score (nSPS) is 10.9. The van der Waals surface area contributed by atoms with Gasteiger partial charge in [-0.1, -0.05) is 26.7 Å². The maximum Gasteiger partial charge on any atom is 0.0605 e. The Labute approximate surface area is 104 Å². The Kier molecular flexibility index (Phi) is 15.1. The molecule has 0 N–H and O–H groups in total. The fourth-order valence-corrected chi connectivity index (χ4v) is 0.919. The van der Waals surface area contributed by atoms with E-state index in [2.05, 4.69) is 60.1 Å². The van der Waals surface area contributed by atoms with Crippen LogP contribution in [0.25, 0.3) is 0 Å². The van der Waals surface area contributed by atoms with Crippen LogP contribution in [0.4, 0.5) is 0 Å². The third-order valence-electron chi connectivity index (χ3n) is 1.11. The molecule has 0 fully saturated rings. The molecule has 0 aliphatic carbocycles. The van der Waals surface area contributed by atoms with Gasteiger partial charge in [0.05, 0.1) is 11.2 Å². The Morgan fingerprint density at radius 3 is 0.875 bits per heavy atom. The van der Waals surface area contributed by atoms with Gasteiger partial charge in [-0.05, 0) is 41.5 Å². The van der Waals surface area contributed by atoms with Crippen molar-refractivity contribution in [1.82, 2.24) is 0 Å². The van der Waals surface area contributed by atoms with Gasteiger partial charge in [-0.3, -0.25) is 0 Å². The van der Waals surface area contributed by atoms with Crippen LogP contribution in [0.2, 0.25) is 0 Å². The van der Waals surface area contributed by atoms with Crippen molar-refractivity contribution in [2.24, 2.45) is 0 Å². The topological polar surface area (TPSA) is 18.5 Å². The molecule has 0 saturated heterocycles. The summed E-state index contributed by atoms with van der Waals surface area (Å²) in [7, 11) is 3.25. The predicted molar refractivity (Wildman–Crippen MR) is 74.1 cm³/mol. The van der Waals surface area contributed by atoms with Crippen LogP contribution in [0.5, 0.6) is 0 Å². The second-order valence-electron chi connectivity index (χ2n) is 5.74. The van der Waals surface area contributed by atoms with Crippen LogP contribution < -0.4 is 0 Å². The van der Waals surface area contributed by atoms with Crippen molar-refractivity contribution < 1.29 is 9.47 Å². The molecule has 0 amide bonds. The molecule has 2 heteroatoms. The van der Waals surface area contributed by atoms with E-state index in [9.17, 15) is 0 Å². The molecule has 0 aliphatic rings. The fourth-order valence-electron chi connectivity index (χ4n) is 0.919. The molecule has 0 rings (SSSR count). The molecule has 0 atom stereocenters. The van der Waals surface area contributed by atoms with Crippen molar-refractivity contribution in [2.75, 3.05) is 14.2 Å². The van der Waals surface area contributed by atoms with Crippen molar-refractivity contribution >= 4 is 0 Å². The van der Waals surface area contributed by atoms with Crippen LogP contribution in [0.15, 0.2) is 0 Å². The van der Waals surface area contributed by atoms with Gasteiger partial charge in [-0.15, -0.1) is 0 Å². The van der Waals surface area contributed by atoms with Crippen LogP contribution in [0.3, 0.4) is 0 Å². The van der Waals surface area contributed by atoms with E-state index < -0.39 is 0 Å². The van der Waals surface area contributed by atoms with E-state index >= 15 is 0 Å². The second-order valence-corrected chi connectivity index (χ2v) is 5.74. The predicted octanol–water partition coefficient (Wildman–Crippen LogP) is 4.67. The lowest BCUT2D eigenvalue weighted by atomic mass is 10.1. The summed E-state index contributed by atoms with van der Waals surface area (Å²) in [5.74, 6) is 0. The zero-order valence-corrected chi connectivity index (χ0v) is 13.2. The van der Waals surface area contributed by atoms with Crippen LogP contribution in [-0.4, -0.2) is 25.4 Å². The molecule has 0 aromatic heterocycles. The Morgan fingerprint density at radius 1 is 0.688 bits per heavy atom. The summed E-state index contributed by atoms with van der Waals surface area (Å²) >= 11 is 0. The summed E-state index contributed by atoms with van der Waals surface area (Å²) in [6, 6.07) is 0. The zero-order valence-electron chi connectivity index (χ0n) is 13.2. The van der Waals surface area contributed by atoms with E-state index in [-0.39, 0.29) is 11.2 Å². The maximum atomic E-state index is 5.62. The highest BCUT2D eigenvalue weighted by Gasteiger charge is 2.19. The van der Waals surface area contributed by atoms with Crippen LogP contribution in [0, 0.1) is 0 Å².